The van der Waals surface area contributed by atoms with E-state index in [-0.39, 0.29) is 17.9 Å². The second-order valence-corrected chi connectivity index (χ2v) is 4.90. The quantitative estimate of drug-likeness (QED) is 0.711. The molecule has 0 spiro atoms. The molecule has 0 bridgehead atoms. The molecule has 5 atom stereocenters. The van der Waals surface area contributed by atoms with Gasteiger partial charge in [-0.3, -0.25) is 0 Å². The third-order valence-electron chi connectivity index (χ3n) is 3.13. The zero-order valence-electron chi connectivity index (χ0n) is 9.47. The normalized spacial score (nSPS) is 44.4. The fraction of sp³-hybridized carbons (Fsp3) is 1.00. The maximum absolute atomic E-state index is 9.86. The molecule has 84 valence electrons. The monoisotopic (exact) mass is 202 g/mol. The van der Waals surface area contributed by atoms with Crippen molar-refractivity contribution in [2.24, 2.45) is 17.8 Å². The molecule has 14 heavy (non-hydrogen) atoms. The lowest BCUT2D eigenvalue weighted by Crippen LogP contribution is -2.49. The van der Waals surface area contributed by atoms with Gasteiger partial charge in [0, 0.05) is 11.8 Å². The second kappa shape index (κ2) is 4.60. The fourth-order valence-corrected chi connectivity index (χ4v) is 2.03. The predicted molar refractivity (Wildman–Crippen MR) is 54.7 cm³/mol. The van der Waals surface area contributed by atoms with Crippen LogP contribution >= 0.6 is 0 Å². The largest absolute Gasteiger partial charge is 0.392 e. The van der Waals surface area contributed by atoms with Gasteiger partial charge in [0.2, 0.25) is 0 Å². The molecule has 2 N–H and O–H groups in total. The number of aliphatic hydroxyl groups excluding tert-OH is 2. The van der Waals surface area contributed by atoms with Crippen molar-refractivity contribution in [3.63, 3.8) is 0 Å². The van der Waals surface area contributed by atoms with E-state index in [4.69, 9.17) is 4.74 Å². The minimum absolute atomic E-state index is 0.0174. The van der Waals surface area contributed by atoms with E-state index in [1.54, 1.807) is 0 Å². The number of hydrogen-bond acceptors (Lipinski definition) is 3. The van der Waals surface area contributed by atoms with Gasteiger partial charge < -0.3 is 14.9 Å². The zero-order valence-corrected chi connectivity index (χ0v) is 9.47. The van der Waals surface area contributed by atoms with E-state index in [9.17, 15) is 10.2 Å². The molecule has 1 heterocycles. The average molecular weight is 202 g/mol. The lowest BCUT2D eigenvalue weighted by Gasteiger charge is -2.41. The topological polar surface area (TPSA) is 49.7 Å². The average Bonchev–Trinajstić information content (AvgIpc) is 2.10. The Morgan fingerprint density at radius 3 is 2.21 bits per heavy atom. The van der Waals surface area contributed by atoms with E-state index >= 15 is 0 Å². The first kappa shape index (κ1) is 12.0. The third-order valence-corrected chi connectivity index (χ3v) is 3.13. The summed E-state index contributed by atoms with van der Waals surface area (Å²) in [5.74, 6) is 0.444. The summed E-state index contributed by atoms with van der Waals surface area (Å²) < 4.78 is 5.49. The van der Waals surface area contributed by atoms with Crippen molar-refractivity contribution in [1.82, 2.24) is 0 Å². The van der Waals surface area contributed by atoms with Crippen LogP contribution in [0.25, 0.3) is 0 Å². The molecule has 0 amide bonds. The van der Waals surface area contributed by atoms with Crippen LogP contribution in [0.5, 0.6) is 0 Å². The Hall–Kier alpha value is -0.120. The summed E-state index contributed by atoms with van der Waals surface area (Å²) in [6, 6.07) is 0. The number of ether oxygens (including phenoxy) is 1. The predicted octanol–water partition coefficient (Wildman–Crippen LogP) is 1.38. The van der Waals surface area contributed by atoms with Crippen LogP contribution in [0.15, 0.2) is 0 Å². The van der Waals surface area contributed by atoms with Gasteiger partial charge in [0.25, 0.3) is 0 Å². The van der Waals surface area contributed by atoms with Crippen LogP contribution in [0.3, 0.4) is 0 Å². The molecule has 0 aromatic heterocycles. The summed E-state index contributed by atoms with van der Waals surface area (Å²) in [5.41, 5.74) is 0. The third kappa shape index (κ3) is 2.47. The molecule has 1 aliphatic rings. The highest BCUT2D eigenvalue weighted by molar-refractivity contribution is 4.84. The van der Waals surface area contributed by atoms with Gasteiger partial charge in [-0.1, -0.05) is 27.7 Å². The van der Waals surface area contributed by atoms with E-state index in [0.717, 1.165) is 6.42 Å². The minimum Gasteiger partial charge on any atom is -0.392 e. The molecular formula is C11H22O3. The van der Waals surface area contributed by atoms with Crippen LogP contribution in [-0.4, -0.2) is 28.7 Å². The smallest absolute Gasteiger partial charge is 0.159 e. The Bertz CT molecular complexity index is 181. The molecular weight excluding hydrogens is 180 g/mol. The molecule has 3 heteroatoms. The van der Waals surface area contributed by atoms with Crippen molar-refractivity contribution in [3.8, 4) is 0 Å². The van der Waals surface area contributed by atoms with E-state index < -0.39 is 12.4 Å². The van der Waals surface area contributed by atoms with Crippen molar-refractivity contribution in [1.29, 1.82) is 0 Å². The summed E-state index contributed by atoms with van der Waals surface area (Å²) in [5, 5.41) is 19.4. The molecule has 0 aromatic carbocycles. The minimum atomic E-state index is -0.815. The summed E-state index contributed by atoms with van der Waals surface area (Å²) in [7, 11) is 0. The molecule has 1 fully saturated rings. The standard InChI is InChI=1S/C11H22O3/c1-6(2)5-9-7(3)10(12)8(4)11(13)14-9/h6-13H,5H2,1-4H3/t7-,8+,9+,10+,11?/m0/s1. The number of hydrogen-bond donors (Lipinski definition) is 2. The Kier molecular flexibility index (Phi) is 3.93. The van der Waals surface area contributed by atoms with Gasteiger partial charge in [-0.2, -0.15) is 0 Å². The van der Waals surface area contributed by atoms with Gasteiger partial charge in [-0.25, -0.2) is 0 Å². The van der Waals surface area contributed by atoms with Crippen molar-refractivity contribution in [2.75, 3.05) is 0 Å². The maximum atomic E-state index is 9.86. The first-order valence-corrected chi connectivity index (χ1v) is 5.45. The Morgan fingerprint density at radius 1 is 1.14 bits per heavy atom. The summed E-state index contributed by atoms with van der Waals surface area (Å²) in [6.45, 7) is 8.04. The van der Waals surface area contributed by atoms with Crippen LogP contribution in [0.1, 0.15) is 34.1 Å². The first-order chi connectivity index (χ1) is 6.43. The molecule has 0 aromatic rings. The summed E-state index contributed by atoms with van der Waals surface area (Å²) in [4.78, 5) is 0. The Balaban J connectivity index is 2.60. The molecule has 1 aliphatic heterocycles. The summed E-state index contributed by atoms with van der Waals surface area (Å²) >= 11 is 0. The van der Waals surface area contributed by atoms with Gasteiger partial charge >= 0.3 is 0 Å². The maximum Gasteiger partial charge on any atom is 0.159 e. The molecule has 0 radical (unpaired) electrons. The molecule has 3 nitrogen and oxygen atoms in total. The lowest BCUT2D eigenvalue weighted by atomic mass is 9.83. The van der Waals surface area contributed by atoms with Gasteiger partial charge in [0.05, 0.1) is 12.2 Å². The number of rotatable bonds is 2. The van der Waals surface area contributed by atoms with Crippen LogP contribution in [0.4, 0.5) is 0 Å². The lowest BCUT2D eigenvalue weighted by molar-refractivity contribution is -0.244. The molecule has 0 aliphatic carbocycles. The van der Waals surface area contributed by atoms with E-state index in [1.807, 2.05) is 13.8 Å². The Morgan fingerprint density at radius 2 is 1.71 bits per heavy atom. The van der Waals surface area contributed by atoms with Crippen molar-refractivity contribution in [3.05, 3.63) is 0 Å². The molecule has 1 rings (SSSR count). The van der Waals surface area contributed by atoms with Crippen LogP contribution in [0, 0.1) is 17.8 Å². The number of aliphatic hydroxyl groups is 2. The first-order valence-electron chi connectivity index (χ1n) is 5.45. The van der Waals surface area contributed by atoms with Crippen molar-refractivity contribution in [2.45, 2.75) is 52.6 Å². The fourth-order valence-electron chi connectivity index (χ4n) is 2.03. The van der Waals surface area contributed by atoms with Crippen molar-refractivity contribution >= 4 is 0 Å². The second-order valence-electron chi connectivity index (χ2n) is 4.90. The summed E-state index contributed by atoms with van der Waals surface area (Å²) in [6.07, 6.45) is -0.397. The molecule has 0 saturated carbocycles. The van der Waals surface area contributed by atoms with Gasteiger partial charge in [0.15, 0.2) is 6.29 Å². The van der Waals surface area contributed by atoms with Gasteiger partial charge in [-0.05, 0) is 12.3 Å². The highest BCUT2D eigenvalue weighted by atomic mass is 16.6. The van der Waals surface area contributed by atoms with Crippen LogP contribution in [0.2, 0.25) is 0 Å². The zero-order chi connectivity index (χ0) is 10.9. The van der Waals surface area contributed by atoms with Crippen LogP contribution < -0.4 is 0 Å². The SMILES string of the molecule is CC(C)C[C@H]1OC(O)[C@H](C)[C@H](O)[C@H]1C. The van der Waals surface area contributed by atoms with Crippen LogP contribution in [-0.2, 0) is 4.74 Å². The highest BCUT2D eigenvalue weighted by Crippen LogP contribution is 2.31. The van der Waals surface area contributed by atoms with E-state index in [1.165, 1.54) is 0 Å². The van der Waals surface area contributed by atoms with E-state index in [0.29, 0.717) is 5.92 Å². The van der Waals surface area contributed by atoms with E-state index in [2.05, 4.69) is 13.8 Å². The Labute approximate surface area is 86.1 Å². The highest BCUT2D eigenvalue weighted by Gasteiger charge is 2.39. The van der Waals surface area contributed by atoms with Crippen molar-refractivity contribution < 1.29 is 14.9 Å². The molecule has 1 saturated heterocycles. The van der Waals surface area contributed by atoms with Gasteiger partial charge in [0.1, 0.15) is 0 Å². The molecule has 1 unspecified atom stereocenters. The van der Waals surface area contributed by atoms with Gasteiger partial charge in [-0.15, -0.1) is 0 Å².